The fourth-order valence-electron chi connectivity index (χ4n) is 3.99. The highest BCUT2D eigenvalue weighted by Gasteiger charge is 2.35. The lowest BCUT2D eigenvalue weighted by Gasteiger charge is -2.17. The molecule has 1 fully saturated rings. The third kappa shape index (κ3) is 6.81. The van der Waals surface area contributed by atoms with Crippen LogP contribution in [0, 0.1) is 6.92 Å². The molecular weight excluding hydrogens is 573 g/mol. The van der Waals surface area contributed by atoms with Crippen molar-refractivity contribution in [3.63, 3.8) is 0 Å². The van der Waals surface area contributed by atoms with Crippen molar-refractivity contribution in [2.45, 2.75) is 26.7 Å². The molecule has 3 aromatic carbocycles. The highest BCUT2D eigenvalue weighted by atomic mass is 35.5. The Morgan fingerprint density at radius 2 is 1.75 bits per heavy atom. The molecule has 0 aliphatic carbocycles. The molecule has 0 spiro atoms. The van der Waals surface area contributed by atoms with Gasteiger partial charge in [0.2, 0.25) is 0 Å². The van der Waals surface area contributed by atoms with Crippen molar-refractivity contribution in [3.8, 4) is 17.2 Å². The number of thioether (sulfide) groups is 1. The van der Waals surface area contributed by atoms with Gasteiger partial charge in [-0.05, 0) is 89.8 Å². The normalized spacial score (nSPS) is 14.3. The van der Waals surface area contributed by atoms with Crippen LogP contribution < -0.4 is 14.2 Å². The Morgan fingerprint density at radius 1 is 1.02 bits per heavy atom. The predicted molar refractivity (Wildman–Crippen MR) is 158 cm³/mol. The van der Waals surface area contributed by atoms with Gasteiger partial charge in [-0.1, -0.05) is 49.2 Å². The fraction of sp³-hybridized carbons (Fsp3) is 0.233. The summed E-state index contributed by atoms with van der Waals surface area (Å²) >= 11 is 13.1. The fourth-order valence-corrected chi connectivity index (χ4v) is 5.24. The van der Waals surface area contributed by atoms with Crippen LogP contribution >= 0.6 is 35.0 Å². The number of benzene rings is 3. The zero-order valence-corrected chi connectivity index (χ0v) is 24.7. The summed E-state index contributed by atoms with van der Waals surface area (Å²) in [4.78, 5) is 39.6. The minimum absolute atomic E-state index is 0.0310. The van der Waals surface area contributed by atoms with Crippen molar-refractivity contribution in [1.82, 2.24) is 4.90 Å². The van der Waals surface area contributed by atoms with E-state index in [0.717, 1.165) is 33.5 Å². The summed E-state index contributed by atoms with van der Waals surface area (Å²) in [5.41, 5.74) is 2.91. The van der Waals surface area contributed by atoms with E-state index in [4.69, 9.17) is 37.4 Å². The summed E-state index contributed by atoms with van der Waals surface area (Å²) in [6.45, 7) is 6.42. The van der Waals surface area contributed by atoms with E-state index < -0.39 is 11.9 Å². The molecule has 1 aliphatic heterocycles. The first-order valence-corrected chi connectivity index (χ1v) is 14.0. The molecule has 0 radical (unpaired) electrons. The summed E-state index contributed by atoms with van der Waals surface area (Å²) in [6, 6.07) is 15.3. The van der Waals surface area contributed by atoms with Gasteiger partial charge in [-0.2, -0.15) is 0 Å². The number of esters is 1. The molecule has 208 valence electrons. The number of aryl methyl sites for hydroxylation is 1. The van der Waals surface area contributed by atoms with Crippen molar-refractivity contribution in [2.24, 2.45) is 0 Å². The second-order valence-electron chi connectivity index (χ2n) is 9.31. The summed E-state index contributed by atoms with van der Waals surface area (Å²) in [5.74, 6) is 0.165. The minimum Gasteiger partial charge on any atom is -0.493 e. The first-order chi connectivity index (χ1) is 19.1. The zero-order chi connectivity index (χ0) is 29.0. The van der Waals surface area contributed by atoms with E-state index in [2.05, 4.69) is 13.8 Å². The maximum Gasteiger partial charge on any atom is 0.343 e. The van der Waals surface area contributed by atoms with Crippen molar-refractivity contribution >= 4 is 58.2 Å². The molecule has 1 aliphatic rings. The van der Waals surface area contributed by atoms with Gasteiger partial charge in [-0.3, -0.25) is 14.5 Å². The lowest BCUT2D eigenvalue weighted by molar-refractivity contribution is -0.123. The van der Waals surface area contributed by atoms with Crippen LogP contribution in [0.15, 0.2) is 59.5 Å². The van der Waals surface area contributed by atoms with Gasteiger partial charge in [0.05, 0.1) is 29.1 Å². The van der Waals surface area contributed by atoms with Crippen LogP contribution in [0.5, 0.6) is 17.2 Å². The number of amides is 2. The number of carbonyl (C=O) groups is 3. The standard InChI is InChI=1S/C30H27Cl2NO6S/c1-17(2)22-10-5-18(3)13-24(22)38-12-11-33-28(34)26(40-30(33)36)16-19-14-23(32)27(25(15-19)37-4)39-29(35)20-6-8-21(31)9-7-20/h5-10,13-17H,11-12H2,1-4H3/b26-16-. The number of rotatable bonds is 9. The van der Waals surface area contributed by atoms with Gasteiger partial charge in [0.15, 0.2) is 11.5 Å². The van der Waals surface area contributed by atoms with Crippen LogP contribution in [0.3, 0.4) is 0 Å². The molecule has 2 amide bonds. The summed E-state index contributed by atoms with van der Waals surface area (Å²) in [7, 11) is 1.40. The first-order valence-electron chi connectivity index (χ1n) is 12.4. The summed E-state index contributed by atoms with van der Waals surface area (Å²) < 4.78 is 16.8. The predicted octanol–water partition coefficient (Wildman–Crippen LogP) is 7.77. The van der Waals surface area contributed by atoms with E-state index in [-0.39, 0.29) is 51.3 Å². The first kappa shape index (κ1) is 29.5. The maximum atomic E-state index is 13.0. The quantitative estimate of drug-likeness (QED) is 0.141. The number of methoxy groups -OCH3 is 1. The summed E-state index contributed by atoms with van der Waals surface area (Å²) in [6.07, 6.45) is 1.54. The molecule has 10 heteroatoms. The lowest BCUT2D eigenvalue weighted by Crippen LogP contribution is -2.32. The third-order valence-electron chi connectivity index (χ3n) is 6.06. The number of nitrogens with zero attached hydrogens (tertiary/aromatic N) is 1. The van der Waals surface area contributed by atoms with Gasteiger partial charge in [-0.25, -0.2) is 4.79 Å². The molecule has 7 nitrogen and oxygen atoms in total. The Bertz CT molecular complexity index is 1490. The number of hydrogen-bond donors (Lipinski definition) is 0. The number of imide groups is 1. The van der Waals surface area contributed by atoms with Crippen LogP contribution in [0.2, 0.25) is 10.0 Å². The molecular formula is C30H27Cl2NO6S. The van der Waals surface area contributed by atoms with Gasteiger partial charge in [0.25, 0.3) is 11.1 Å². The van der Waals surface area contributed by atoms with E-state index in [9.17, 15) is 14.4 Å². The van der Waals surface area contributed by atoms with Gasteiger partial charge < -0.3 is 14.2 Å². The average molecular weight is 601 g/mol. The highest BCUT2D eigenvalue weighted by molar-refractivity contribution is 8.18. The molecule has 0 bridgehead atoms. The highest BCUT2D eigenvalue weighted by Crippen LogP contribution is 2.39. The van der Waals surface area contributed by atoms with Crippen LogP contribution in [0.4, 0.5) is 4.79 Å². The number of carbonyl (C=O) groups excluding carboxylic acids is 3. The molecule has 0 unspecified atom stereocenters. The average Bonchev–Trinajstić information content (AvgIpc) is 3.17. The molecule has 4 rings (SSSR count). The zero-order valence-electron chi connectivity index (χ0n) is 22.3. The van der Waals surface area contributed by atoms with Gasteiger partial charge in [0, 0.05) is 5.02 Å². The van der Waals surface area contributed by atoms with Crippen molar-refractivity contribution in [1.29, 1.82) is 0 Å². The molecule has 0 saturated carbocycles. The number of hydrogen-bond acceptors (Lipinski definition) is 7. The van der Waals surface area contributed by atoms with E-state index in [1.165, 1.54) is 25.3 Å². The van der Waals surface area contributed by atoms with Crippen LogP contribution in [-0.4, -0.2) is 42.3 Å². The maximum absolute atomic E-state index is 13.0. The largest absolute Gasteiger partial charge is 0.493 e. The Labute approximate surface area is 247 Å². The van der Waals surface area contributed by atoms with E-state index >= 15 is 0 Å². The molecule has 0 aromatic heterocycles. The lowest BCUT2D eigenvalue weighted by atomic mass is 10.0. The molecule has 0 N–H and O–H groups in total. The molecule has 1 heterocycles. The van der Waals surface area contributed by atoms with Crippen molar-refractivity contribution < 1.29 is 28.6 Å². The Balaban J connectivity index is 1.47. The van der Waals surface area contributed by atoms with Crippen LogP contribution in [0.25, 0.3) is 6.08 Å². The topological polar surface area (TPSA) is 82.1 Å². The SMILES string of the molecule is COc1cc(/C=C2\SC(=O)N(CCOc3cc(C)ccc3C(C)C)C2=O)cc(Cl)c1OC(=O)c1ccc(Cl)cc1. The molecule has 1 saturated heterocycles. The van der Waals surface area contributed by atoms with Crippen molar-refractivity contribution in [3.05, 3.63) is 91.8 Å². The monoisotopic (exact) mass is 599 g/mol. The number of ether oxygens (including phenoxy) is 3. The van der Waals surface area contributed by atoms with E-state index in [0.29, 0.717) is 10.6 Å². The second kappa shape index (κ2) is 12.8. The smallest absolute Gasteiger partial charge is 0.343 e. The van der Waals surface area contributed by atoms with Crippen LogP contribution in [-0.2, 0) is 4.79 Å². The van der Waals surface area contributed by atoms with Gasteiger partial charge in [-0.15, -0.1) is 0 Å². The van der Waals surface area contributed by atoms with Gasteiger partial charge >= 0.3 is 5.97 Å². The summed E-state index contributed by atoms with van der Waals surface area (Å²) in [5, 5.41) is 0.194. The minimum atomic E-state index is -0.640. The Morgan fingerprint density at radius 3 is 2.42 bits per heavy atom. The number of halogens is 2. The molecule has 0 atom stereocenters. The van der Waals surface area contributed by atoms with Gasteiger partial charge in [0.1, 0.15) is 12.4 Å². The van der Waals surface area contributed by atoms with E-state index in [1.807, 2.05) is 25.1 Å². The second-order valence-corrected chi connectivity index (χ2v) is 11.1. The molecule has 40 heavy (non-hydrogen) atoms. The Hall–Kier alpha value is -3.46. The van der Waals surface area contributed by atoms with Crippen LogP contribution in [0.1, 0.15) is 46.8 Å². The van der Waals surface area contributed by atoms with E-state index in [1.54, 1.807) is 24.3 Å². The Kier molecular flexibility index (Phi) is 9.45. The molecule has 3 aromatic rings. The van der Waals surface area contributed by atoms with Crippen molar-refractivity contribution in [2.75, 3.05) is 20.3 Å². The third-order valence-corrected chi connectivity index (χ3v) is 7.50.